The Kier molecular flexibility index (Phi) is 6.21. The number of carbonyl (C=O) groups is 1. The lowest BCUT2D eigenvalue weighted by atomic mass is 10.2. The Balaban J connectivity index is 2.00. The predicted octanol–water partition coefficient (Wildman–Crippen LogP) is 4.05. The lowest BCUT2D eigenvalue weighted by molar-refractivity contribution is -0.118. The summed E-state index contributed by atoms with van der Waals surface area (Å²) in [7, 11) is 0. The second-order valence-corrected chi connectivity index (χ2v) is 5.86. The van der Waals surface area contributed by atoms with E-state index >= 15 is 0 Å². The third-order valence-electron chi connectivity index (χ3n) is 3.17. The van der Waals surface area contributed by atoms with Crippen LogP contribution in [-0.4, -0.2) is 19.1 Å². The Morgan fingerprint density at radius 2 is 2.00 bits per heavy atom. The Bertz CT molecular complexity index is 784. The number of aryl methyl sites for hydroxylation is 1. The van der Waals surface area contributed by atoms with Crippen LogP contribution in [0.1, 0.15) is 18.1 Å². The molecular formula is C18H17BrN2O3. The van der Waals surface area contributed by atoms with Gasteiger partial charge in [-0.05, 0) is 49.7 Å². The van der Waals surface area contributed by atoms with E-state index in [-0.39, 0.29) is 12.5 Å². The summed E-state index contributed by atoms with van der Waals surface area (Å²) < 4.78 is 11.9. The number of anilines is 1. The van der Waals surface area contributed by atoms with Crippen molar-refractivity contribution in [2.45, 2.75) is 13.8 Å². The summed E-state index contributed by atoms with van der Waals surface area (Å²) in [6.07, 6.45) is 0. The van der Waals surface area contributed by atoms with Crippen LogP contribution in [0.2, 0.25) is 0 Å². The first kappa shape index (κ1) is 17.8. The van der Waals surface area contributed by atoms with Gasteiger partial charge in [0.05, 0.1) is 18.2 Å². The summed E-state index contributed by atoms with van der Waals surface area (Å²) in [6.45, 7) is 4.07. The Labute approximate surface area is 149 Å². The van der Waals surface area contributed by atoms with E-state index in [1.54, 1.807) is 18.2 Å². The van der Waals surface area contributed by atoms with Gasteiger partial charge in [-0.25, -0.2) is 0 Å². The van der Waals surface area contributed by atoms with E-state index < -0.39 is 0 Å². The number of benzene rings is 2. The molecule has 0 unspecified atom stereocenters. The van der Waals surface area contributed by atoms with Gasteiger partial charge >= 0.3 is 0 Å². The molecule has 0 spiro atoms. The molecule has 0 bridgehead atoms. The van der Waals surface area contributed by atoms with Crippen LogP contribution in [-0.2, 0) is 4.79 Å². The van der Waals surface area contributed by atoms with Crippen LogP contribution in [0, 0.1) is 18.3 Å². The minimum atomic E-state index is -0.275. The molecule has 124 valence electrons. The molecule has 0 atom stereocenters. The summed E-state index contributed by atoms with van der Waals surface area (Å²) in [5.41, 5.74) is 2.20. The molecule has 1 N–H and O–H groups in total. The van der Waals surface area contributed by atoms with Gasteiger partial charge in [-0.15, -0.1) is 0 Å². The lowest BCUT2D eigenvalue weighted by Gasteiger charge is -2.12. The fourth-order valence-corrected chi connectivity index (χ4v) is 2.27. The van der Waals surface area contributed by atoms with Crippen LogP contribution >= 0.6 is 15.9 Å². The molecule has 0 heterocycles. The summed E-state index contributed by atoms with van der Waals surface area (Å²) in [4.78, 5) is 12.0. The normalized spacial score (nSPS) is 9.92. The van der Waals surface area contributed by atoms with Gasteiger partial charge in [-0.3, -0.25) is 4.79 Å². The zero-order valence-electron chi connectivity index (χ0n) is 13.4. The quantitative estimate of drug-likeness (QED) is 0.809. The van der Waals surface area contributed by atoms with Crippen molar-refractivity contribution in [3.8, 4) is 17.6 Å². The van der Waals surface area contributed by atoms with Crippen molar-refractivity contribution in [3.05, 3.63) is 52.0 Å². The monoisotopic (exact) mass is 388 g/mol. The number of nitriles is 1. The fraction of sp³-hybridized carbons (Fsp3) is 0.222. The van der Waals surface area contributed by atoms with Crippen LogP contribution in [0.3, 0.4) is 0 Å². The van der Waals surface area contributed by atoms with E-state index in [1.807, 2.05) is 38.1 Å². The molecule has 24 heavy (non-hydrogen) atoms. The maximum absolute atomic E-state index is 12.0. The number of hydrogen-bond acceptors (Lipinski definition) is 4. The summed E-state index contributed by atoms with van der Waals surface area (Å²) >= 11 is 3.42. The maximum Gasteiger partial charge on any atom is 0.262 e. The number of carbonyl (C=O) groups excluding carboxylic acids is 1. The van der Waals surface area contributed by atoms with E-state index in [1.165, 1.54) is 0 Å². The molecule has 2 rings (SSSR count). The van der Waals surface area contributed by atoms with Crippen LogP contribution in [0.4, 0.5) is 5.69 Å². The zero-order valence-corrected chi connectivity index (χ0v) is 15.0. The van der Waals surface area contributed by atoms with Crippen molar-refractivity contribution in [2.24, 2.45) is 0 Å². The van der Waals surface area contributed by atoms with Crippen molar-refractivity contribution in [1.29, 1.82) is 5.26 Å². The zero-order chi connectivity index (χ0) is 17.5. The summed E-state index contributed by atoms with van der Waals surface area (Å²) in [6, 6.07) is 12.4. The number of rotatable bonds is 6. The topological polar surface area (TPSA) is 71.3 Å². The molecule has 1 amide bonds. The van der Waals surface area contributed by atoms with Gasteiger partial charge in [-0.2, -0.15) is 5.26 Å². The second kappa shape index (κ2) is 8.37. The molecular weight excluding hydrogens is 372 g/mol. The highest BCUT2D eigenvalue weighted by molar-refractivity contribution is 9.10. The molecule has 0 radical (unpaired) electrons. The van der Waals surface area contributed by atoms with Gasteiger partial charge in [0.25, 0.3) is 5.91 Å². The molecule has 2 aromatic carbocycles. The number of nitrogens with zero attached hydrogens (tertiary/aromatic N) is 1. The molecule has 6 heteroatoms. The predicted molar refractivity (Wildman–Crippen MR) is 95.3 cm³/mol. The third-order valence-corrected chi connectivity index (χ3v) is 4.06. The summed E-state index contributed by atoms with van der Waals surface area (Å²) in [5, 5.41) is 11.7. The van der Waals surface area contributed by atoms with Crippen molar-refractivity contribution in [1.82, 2.24) is 0 Å². The number of halogens is 1. The standard InChI is InChI=1S/C18H17BrN2O3/c1-3-23-17-9-13(10-20)4-7-16(17)24-11-18(22)21-14-5-6-15(19)12(2)8-14/h4-9H,3,11H2,1-2H3,(H,21,22). The van der Waals surface area contributed by atoms with E-state index in [2.05, 4.69) is 21.2 Å². The van der Waals surface area contributed by atoms with Gasteiger partial charge in [0.2, 0.25) is 0 Å². The summed E-state index contributed by atoms with van der Waals surface area (Å²) in [5.74, 6) is 0.602. The van der Waals surface area contributed by atoms with Gasteiger partial charge < -0.3 is 14.8 Å². The van der Waals surface area contributed by atoms with Gasteiger partial charge in [0, 0.05) is 16.2 Å². The fourth-order valence-electron chi connectivity index (χ4n) is 2.03. The number of hydrogen-bond donors (Lipinski definition) is 1. The molecule has 2 aromatic rings. The molecule has 0 aliphatic heterocycles. The first-order valence-electron chi connectivity index (χ1n) is 7.39. The van der Waals surface area contributed by atoms with E-state index in [0.29, 0.717) is 29.4 Å². The first-order valence-corrected chi connectivity index (χ1v) is 8.18. The average Bonchev–Trinajstić information content (AvgIpc) is 2.57. The van der Waals surface area contributed by atoms with Crippen molar-refractivity contribution >= 4 is 27.5 Å². The van der Waals surface area contributed by atoms with Crippen LogP contribution in [0.5, 0.6) is 11.5 Å². The average molecular weight is 389 g/mol. The minimum absolute atomic E-state index is 0.152. The maximum atomic E-state index is 12.0. The Morgan fingerprint density at radius 1 is 1.21 bits per heavy atom. The third kappa shape index (κ3) is 4.74. The minimum Gasteiger partial charge on any atom is -0.490 e. The molecule has 0 fully saturated rings. The van der Waals surface area contributed by atoms with Crippen molar-refractivity contribution in [3.63, 3.8) is 0 Å². The highest BCUT2D eigenvalue weighted by Crippen LogP contribution is 2.28. The van der Waals surface area contributed by atoms with Crippen LogP contribution < -0.4 is 14.8 Å². The van der Waals surface area contributed by atoms with Crippen LogP contribution in [0.25, 0.3) is 0 Å². The SMILES string of the molecule is CCOc1cc(C#N)ccc1OCC(=O)Nc1ccc(Br)c(C)c1. The lowest BCUT2D eigenvalue weighted by Crippen LogP contribution is -2.20. The van der Waals surface area contributed by atoms with Gasteiger partial charge in [0.1, 0.15) is 0 Å². The molecule has 0 saturated carbocycles. The van der Waals surface area contributed by atoms with E-state index in [4.69, 9.17) is 14.7 Å². The number of ether oxygens (including phenoxy) is 2. The largest absolute Gasteiger partial charge is 0.490 e. The van der Waals surface area contributed by atoms with Gasteiger partial charge in [-0.1, -0.05) is 15.9 Å². The molecule has 0 aromatic heterocycles. The number of nitrogens with one attached hydrogen (secondary N) is 1. The molecule has 5 nitrogen and oxygen atoms in total. The second-order valence-electron chi connectivity index (χ2n) is 5.01. The Hall–Kier alpha value is -2.52. The van der Waals surface area contributed by atoms with Crippen molar-refractivity contribution < 1.29 is 14.3 Å². The number of amides is 1. The molecule has 0 aliphatic carbocycles. The van der Waals surface area contributed by atoms with Crippen molar-refractivity contribution in [2.75, 3.05) is 18.5 Å². The van der Waals surface area contributed by atoms with E-state index in [0.717, 1.165) is 10.0 Å². The van der Waals surface area contributed by atoms with Gasteiger partial charge in [0.15, 0.2) is 18.1 Å². The first-order chi connectivity index (χ1) is 11.5. The molecule has 0 saturated heterocycles. The highest BCUT2D eigenvalue weighted by atomic mass is 79.9. The molecule has 0 aliphatic rings. The smallest absolute Gasteiger partial charge is 0.262 e. The highest BCUT2D eigenvalue weighted by Gasteiger charge is 2.10. The van der Waals surface area contributed by atoms with Crippen LogP contribution in [0.15, 0.2) is 40.9 Å². The Morgan fingerprint density at radius 3 is 2.67 bits per heavy atom. The van der Waals surface area contributed by atoms with E-state index in [9.17, 15) is 4.79 Å².